The first kappa shape index (κ1) is 15.3. The lowest BCUT2D eigenvalue weighted by Crippen LogP contribution is -2.05. The summed E-state index contributed by atoms with van der Waals surface area (Å²) in [7, 11) is 1.37. The molecular weight excluding hydrogens is 310 g/mol. The first-order valence-corrected chi connectivity index (χ1v) is 8.03. The summed E-state index contributed by atoms with van der Waals surface area (Å²) in [6, 6.07) is 17.6. The number of esters is 1. The van der Waals surface area contributed by atoms with Crippen LogP contribution in [0.1, 0.15) is 0 Å². The van der Waals surface area contributed by atoms with Crippen molar-refractivity contribution in [2.24, 2.45) is 0 Å². The zero-order valence-electron chi connectivity index (χ0n) is 12.5. The third-order valence-electron chi connectivity index (χ3n) is 3.17. The molecule has 0 radical (unpaired) electrons. The number of ether oxygens (including phenoxy) is 1. The van der Waals surface area contributed by atoms with Crippen molar-refractivity contribution in [2.45, 2.75) is 5.16 Å². The molecule has 0 amide bonds. The van der Waals surface area contributed by atoms with E-state index < -0.39 is 0 Å². The Morgan fingerprint density at radius 2 is 1.83 bits per heavy atom. The van der Waals surface area contributed by atoms with Gasteiger partial charge >= 0.3 is 5.97 Å². The molecule has 23 heavy (non-hydrogen) atoms. The molecule has 3 rings (SSSR count). The molecule has 0 fully saturated rings. The van der Waals surface area contributed by atoms with Gasteiger partial charge in [0.25, 0.3) is 0 Å². The highest BCUT2D eigenvalue weighted by Crippen LogP contribution is 2.26. The summed E-state index contributed by atoms with van der Waals surface area (Å²) in [5.74, 6) is 0.595. The van der Waals surface area contributed by atoms with Crippen molar-refractivity contribution in [1.29, 1.82) is 0 Å². The number of aromatic nitrogens is 2. The number of thioether (sulfide) groups is 1. The normalized spacial score (nSPS) is 10.5. The number of benzene rings is 2. The number of methoxy groups -OCH3 is 1. The molecule has 0 aliphatic carbocycles. The monoisotopic (exact) mass is 325 g/mol. The molecular formula is C17H15N3O2S. The number of hydrogen-bond acceptors (Lipinski definition) is 6. The van der Waals surface area contributed by atoms with E-state index >= 15 is 0 Å². The van der Waals surface area contributed by atoms with Crippen molar-refractivity contribution in [3.8, 4) is 0 Å². The third-order valence-corrected chi connectivity index (χ3v) is 3.99. The Hall–Kier alpha value is -2.60. The van der Waals surface area contributed by atoms with E-state index in [0.717, 1.165) is 16.6 Å². The lowest BCUT2D eigenvalue weighted by atomic mass is 10.2. The van der Waals surface area contributed by atoms with Crippen LogP contribution in [0.2, 0.25) is 0 Å². The maximum absolute atomic E-state index is 11.3. The van der Waals surface area contributed by atoms with Gasteiger partial charge < -0.3 is 10.1 Å². The maximum atomic E-state index is 11.3. The minimum absolute atomic E-state index is 0.180. The molecule has 6 heteroatoms. The summed E-state index contributed by atoms with van der Waals surface area (Å²) < 4.78 is 4.65. The van der Waals surface area contributed by atoms with Crippen molar-refractivity contribution in [3.05, 3.63) is 54.6 Å². The highest BCUT2D eigenvalue weighted by Gasteiger charge is 2.10. The van der Waals surface area contributed by atoms with Crippen LogP contribution >= 0.6 is 11.8 Å². The van der Waals surface area contributed by atoms with Crippen molar-refractivity contribution >= 4 is 40.1 Å². The van der Waals surface area contributed by atoms with Crippen LogP contribution in [0.5, 0.6) is 0 Å². The first-order valence-electron chi connectivity index (χ1n) is 7.05. The van der Waals surface area contributed by atoms with Crippen LogP contribution in [-0.2, 0) is 9.53 Å². The van der Waals surface area contributed by atoms with E-state index in [9.17, 15) is 4.79 Å². The highest BCUT2D eigenvalue weighted by atomic mass is 32.2. The third kappa shape index (κ3) is 3.78. The number of fused-ring (bicyclic) bond motifs is 1. The van der Waals surface area contributed by atoms with Crippen LogP contribution < -0.4 is 5.32 Å². The zero-order chi connectivity index (χ0) is 16.1. The van der Waals surface area contributed by atoms with Gasteiger partial charge in [0.05, 0.1) is 18.4 Å². The molecule has 3 aromatic rings. The van der Waals surface area contributed by atoms with Gasteiger partial charge in [0, 0.05) is 11.1 Å². The Bertz CT molecular complexity index is 824. The van der Waals surface area contributed by atoms with Crippen molar-refractivity contribution in [1.82, 2.24) is 9.97 Å². The van der Waals surface area contributed by atoms with E-state index in [2.05, 4.69) is 20.0 Å². The summed E-state index contributed by atoms with van der Waals surface area (Å²) in [4.78, 5) is 20.3. The Labute approximate surface area is 138 Å². The predicted molar refractivity (Wildman–Crippen MR) is 92.0 cm³/mol. The molecule has 0 saturated heterocycles. The number of carbonyl (C=O) groups excluding carboxylic acids is 1. The fourth-order valence-corrected chi connectivity index (χ4v) is 2.74. The van der Waals surface area contributed by atoms with E-state index in [1.54, 1.807) is 0 Å². The van der Waals surface area contributed by atoms with Crippen molar-refractivity contribution in [2.75, 3.05) is 18.2 Å². The van der Waals surface area contributed by atoms with Crippen molar-refractivity contribution in [3.63, 3.8) is 0 Å². The quantitative estimate of drug-likeness (QED) is 0.439. The Kier molecular flexibility index (Phi) is 4.73. The number of nitrogens with zero attached hydrogens (tertiary/aromatic N) is 2. The second kappa shape index (κ2) is 7.11. The lowest BCUT2D eigenvalue weighted by molar-refractivity contribution is -0.137. The van der Waals surface area contributed by atoms with Gasteiger partial charge in [-0.1, -0.05) is 42.1 Å². The summed E-state index contributed by atoms with van der Waals surface area (Å²) in [6.45, 7) is 0. The topological polar surface area (TPSA) is 64.1 Å². The Balaban J connectivity index is 1.95. The second-order valence-corrected chi connectivity index (χ2v) is 5.67. The molecule has 1 N–H and O–H groups in total. The number of para-hydroxylation sites is 2. The van der Waals surface area contributed by atoms with E-state index in [4.69, 9.17) is 0 Å². The average molecular weight is 325 g/mol. The molecule has 1 heterocycles. The maximum Gasteiger partial charge on any atom is 0.316 e. The minimum Gasteiger partial charge on any atom is -0.468 e. The summed E-state index contributed by atoms with van der Waals surface area (Å²) in [5, 5.41) is 4.77. The van der Waals surface area contributed by atoms with Gasteiger partial charge in [-0.2, -0.15) is 0 Å². The number of nitrogens with one attached hydrogen (secondary N) is 1. The predicted octanol–water partition coefficient (Wildman–Crippen LogP) is 3.64. The van der Waals surface area contributed by atoms with Gasteiger partial charge in [-0.05, 0) is 24.3 Å². The summed E-state index contributed by atoms with van der Waals surface area (Å²) in [5.41, 5.74) is 1.77. The number of carbonyl (C=O) groups is 1. The molecule has 5 nitrogen and oxygen atoms in total. The molecule has 0 aliphatic rings. The zero-order valence-corrected chi connectivity index (χ0v) is 13.3. The van der Waals surface area contributed by atoms with E-state index in [0.29, 0.717) is 11.0 Å². The minimum atomic E-state index is -0.302. The number of rotatable bonds is 5. The molecule has 116 valence electrons. The van der Waals surface area contributed by atoms with Gasteiger partial charge in [0.2, 0.25) is 0 Å². The first-order chi connectivity index (χ1) is 11.3. The SMILES string of the molecule is COC(=O)CSc1nc(Nc2ccccc2)c2ccccc2n1. The van der Waals surface area contributed by atoms with E-state index in [-0.39, 0.29) is 11.7 Å². The largest absolute Gasteiger partial charge is 0.468 e. The van der Waals surface area contributed by atoms with Gasteiger partial charge in [0.1, 0.15) is 5.82 Å². The van der Waals surface area contributed by atoms with Crippen LogP contribution in [0.25, 0.3) is 10.9 Å². The standard InChI is InChI=1S/C17H15N3O2S/c1-22-15(21)11-23-17-19-14-10-6-5-9-13(14)16(20-17)18-12-7-3-2-4-8-12/h2-10H,11H2,1H3,(H,18,19,20). The van der Waals surface area contributed by atoms with Crippen molar-refractivity contribution < 1.29 is 9.53 Å². The summed E-state index contributed by atoms with van der Waals surface area (Å²) >= 11 is 1.26. The highest BCUT2D eigenvalue weighted by molar-refractivity contribution is 7.99. The molecule has 0 spiro atoms. The van der Waals surface area contributed by atoms with E-state index in [1.807, 2.05) is 54.6 Å². The van der Waals surface area contributed by atoms with Crippen LogP contribution in [0.3, 0.4) is 0 Å². The molecule has 0 unspecified atom stereocenters. The van der Waals surface area contributed by atoms with E-state index in [1.165, 1.54) is 18.9 Å². The van der Waals surface area contributed by atoms with Gasteiger partial charge in [-0.15, -0.1) is 0 Å². The average Bonchev–Trinajstić information content (AvgIpc) is 2.60. The number of anilines is 2. The lowest BCUT2D eigenvalue weighted by Gasteiger charge is -2.10. The van der Waals surface area contributed by atoms with Gasteiger partial charge in [0.15, 0.2) is 5.16 Å². The molecule has 0 saturated carbocycles. The summed E-state index contributed by atoms with van der Waals surface area (Å²) in [6.07, 6.45) is 0. The Morgan fingerprint density at radius 1 is 1.09 bits per heavy atom. The fourth-order valence-electron chi connectivity index (χ4n) is 2.06. The number of hydrogen-bond donors (Lipinski definition) is 1. The fraction of sp³-hybridized carbons (Fsp3) is 0.118. The molecule has 0 atom stereocenters. The van der Waals surface area contributed by atoms with Crippen LogP contribution in [0.4, 0.5) is 11.5 Å². The molecule has 1 aromatic heterocycles. The molecule has 2 aromatic carbocycles. The smallest absolute Gasteiger partial charge is 0.316 e. The van der Waals surface area contributed by atoms with Gasteiger partial charge in [-0.3, -0.25) is 4.79 Å². The van der Waals surface area contributed by atoms with Crippen LogP contribution in [-0.4, -0.2) is 28.8 Å². The second-order valence-electron chi connectivity index (χ2n) is 4.73. The van der Waals surface area contributed by atoms with Crippen LogP contribution in [0, 0.1) is 0 Å². The molecule has 0 bridgehead atoms. The van der Waals surface area contributed by atoms with Crippen LogP contribution in [0.15, 0.2) is 59.8 Å². The molecule has 0 aliphatic heterocycles. The van der Waals surface area contributed by atoms with Gasteiger partial charge in [-0.25, -0.2) is 9.97 Å². The Morgan fingerprint density at radius 3 is 2.61 bits per heavy atom.